The molecule has 1 atom stereocenters. The van der Waals surface area contributed by atoms with Crippen LogP contribution in [0.3, 0.4) is 0 Å². The van der Waals surface area contributed by atoms with E-state index in [0.717, 1.165) is 0 Å². The molecule has 0 bridgehead atoms. The number of halogens is 5. The molecule has 0 heterocycles. The summed E-state index contributed by atoms with van der Waals surface area (Å²) in [6.45, 7) is -1.12. The van der Waals surface area contributed by atoms with Gasteiger partial charge in [0.1, 0.15) is 5.75 Å². The molecule has 0 aliphatic rings. The van der Waals surface area contributed by atoms with Crippen molar-refractivity contribution in [1.29, 1.82) is 0 Å². The molecule has 0 saturated heterocycles. The summed E-state index contributed by atoms with van der Waals surface area (Å²) in [6.07, 6.45) is -4.52. The number of hydrogen-bond donors (Lipinski definition) is 1. The summed E-state index contributed by atoms with van der Waals surface area (Å²) in [6, 6.07) is 5.68. The highest BCUT2D eigenvalue weighted by Gasteiger charge is 2.26. The van der Waals surface area contributed by atoms with Gasteiger partial charge in [-0.15, -0.1) is 0 Å². The molecule has 0 amide bonds. The lowest BCUT2D eigenvalue weighted by atomic mass is 10.1. The Labute approximate surface area is 113 Å². The summed E-state index contributed by atoms with van der Waals surface area (Å²) in [5.74, 6) is 0.0373. The van der Waals surface area contributed by atoms with Gasteiger partial charge in [0, 0.05) is 18.2 Å². The molecule has 7 heteroatoms. The van der Waals surface area contributed by atoms with Gasteiger partial charge in [-0.2, -0.15) is 22.0 Å². The van der Waals surface area contributed by atoms with E-state index in [9.17, 15) is 22.0 Å². The van der Waals surface area contributed by atoms with Gasteiger partial charge in [0.15, 0.2) is 0 Å². The largest absolute Gasteiger partial charge is 0.435 e. The van der Waals surface area contributed by atoms with Crippen molar-refractivity contribution in [2.24, 2.45) is 0 Å². The van der Waals surface area contributed by atoms with Crippen LogP contribution in [0.25, 0.3) is 0 Å². The molecule has 0 fully saturated rings. The van der Waals surface area contributed by atoms with Crippen molar-refractivity contribution < 1.29 is 26.7 Å². The standard InChI is InChI=1S/C13H16F5NO/c1-9(3-2-8-13(16,17)18)19-10-4-6-11(7-5-10)20-12(14)15/h4-7,9,12,19H,2-3,8H2,1H3. The Hall–Kier alpha value is -1.53. The molecule has 0 aromatic heterocycles. The van der Waals surface area contributed by atoms with Crippen molar-refractivity contribution >= 4 is 5.69 Å². The predicted molar refractivity (Wildman–Crippen MR) is 66.1 cm³/mol. The van der Waals surface area contributed by atoms with Gasteiger partial charge in [-0.05, 0) is 44.0 Å². The number of alkyl halides is 5. The van der Waals surface area contributed by atoms with Gasteiger partial charge >= 0.3 is 12.8 Å². The first kappa shape index (κ1) is 16.5. The summed E-state index contributed by atoms with van der Waals surface area (Å²) >= 11 is 0. The van der Waals surface area contributed by atoms with Crippen LogP contribution in [-0.2, 0) is 0 Å². The van der Waals surface area contributed by atoms with Crippen LogP contribution in [0.2, 0.25) is 0 Å². The van der Waals surface area contributed by atoms with E-state index in [1.807, 2.05) is 0 Å². The SMILES string of the molecule is CC(CCCC(F)(F)F)Nc1ccc(OC(F)F)cc1. The smallest absolute Gasteiger partial charge is 0.389 e. The van der Waals surface area contributed by atoms with Crippen molar-refractivity contribution in [3.8, 4) is 5.75 Å². The van der Waals surface area contributed by atoms with E-state index in [1.165, 1.54) is 24.3 Å². The molecule has 1 aromatic carbocycles. The summed E-state index contributed by atoms with van der Waals surface area (Å²) in [5, 5.41) is 3.00. The second-order valence-corrected chi connectivity index (χ2v) is 4.46. The van der Waals surface area contributed by atoms with E-state index in [4.69, 9.17) is 0 Å². The van der Waals surface area contributed by atoms with Gasteiger partial charge < -0.3 is 10.1 Å². The predicted octanol–water partition coefficient (Wildman–Crippen LogP) is 4.82. The molecular weight excluding hydrogens is 281 g/mol. The molecule has 114 valence electrons. The number of benzene rings is 1. The number of nitrogens with one attached hydrogen (secondary N) is 1. The maximum absolute atomic E-state index is 12.0. The Morgan fingerprint density at radius 2 is 1.75 bits per heavy atom. The van der Waals surface area contributed by atoms with Gasteiger partial charge in [0.25, 0.3) is 0 Å². The number of anilines is 1. The highest BCUT2D eigenvalue weighted by atomic mass is 19.4. The summed E-state index contributed by atoms with van der Waals surface area (Å²) in [5.41, 5.74) is 0.645. The lowest BCUT2D eigenvalue weighted by Crippen LogP contribution is -2.16. The summed E-state index contributed by atoms with van der Waals surface area (Å²) in [4.78, 5) is 0. The molecule has 2 nitrogen and oxygen atoms in total. The van der Waals surface area contributed by atoms with Crippen molar-refractivity contribution in [2.75, 3.05) is 5.32 Å². The number of hydrogen-bond acceptors (Lipinski definition) is 2. The van der Waals surface area contributed by atoms with E-state index < -0.39 is 19.2 Å². The zero-order valence-electron chi connectivity index (χ0n) is 10.9. The van der Waals surface area contributed by atoms with Gasteiger partial charge in [-0.25, -0.2) is 0 Å². The second-order valence-electron chi connectivity index (χ2n) is 4.46. The monoisotopic (exact) mass is 297 g/mol. The van der Waals surface area contributed by atoms with Crippen molar-refractivity contribution in [1.82, 2.24) is 0 Å². The van der Waals surface area contributed by atoms with Crippen molar-refractivity contribution in [2.45, 2.75) is 45.0 Å². The molecule has 0 saturated carbocycles. The van der Waals surface area contributed by atoms with Crippen LogP contribution < -0.4 is 10.1 Å². The van der Waals surface area contributed by atoms with Crippen LogP contribution in [0, 0.1) is 0 Å². The number of rotatable bonds is 7. The molecular formula is C13H16F5NO. The van der Waals surface area contributed by atoms with Crippen molar-refractivity contribution in [3.63, 3.8) is 0 Å². The van der Waals surface area contributed by atoms with Crippen LogP contribution >= 0.6 is 0 Å². The topological polar surface area (TPSA) is 21.3 Å². The Bertz CT molecular complexity index is 391. The first-order valence-corrected chi connectivity index (χ1v) is 6.14. The third-order valence-electron chi connectivity index (χ3n) is 2.59. The molecule has 0 radical (unpaired) electrons. The first-order chi connectivity index (χ1) is 9.26. The number of ether oxygens (including phenoxy) is 1. The van der Waals surface area contributed by atoms with Crippen LogP contribution in [0.4, 0.5) is 27.6 Å². The van der Waals surface area contributed by atoms with Crippen LogP contribution in [-0.4, -0.2) is 18.8 Å². The minimum atomic E-state index is -4.13. The maximum atomic E-state index is 12.0. The lowest BCUT2D eigenvalue weighted by Gasteiger charge is -2.16. The molecule has 1 unspecified atom stereocenters. The molecule has 0 aliphatic carbocycles. The zero-order chi connectivity index (χ0) is 15.2. The minimum absolute atomic E-state index is 0.0373. The summed E-state index contributed by atoms with van der Waals surface area (Å²) in [7, 11) is 0. The third-order valence-corrected chi connectivity index (χ3v) is 2.59. The molecule has 1 rings (SSSR count). The van der Waals surface area contributed by atoms with Crippen LogP contribution in [0.15, 0.2) is 24.3 Å². The van der Waals surface area contributed by atoms with Crippen LogP contribution in [0.5, 0.6) is 5.75 Å². The molecule has 1 N–H and O–H groups in total. The van der Waals surface area contributed by atoms with E-state index in [1.54, 1.807) is 6.92 Å². The fourth-order valence-corrected chi connectivity index (χ4v) is 1.70. The highest BCUT2D eigenvalue weighted by molar-refractivity contribution is 5.46. The lowest BCUT2D eigenvalue weighted by molar-refractivity contribution is -0.135. The van der Waals surface area contributed by atoms with Gasteiger partial charge in [-0.1, -0.05) is 0 Å². The average Bonchev–Trinajstić information content (AvgIpc) is 2.29. The van der Waals surface area contributed by atoms with E-state index in [0.29, 0.717) is 12.1 Å². The first-order valence-electron chi connectivity index (χ1n) is 6.14. The quantitative estimate of drug-likeness (QED) is 0.728. The van der Waals surface area contributed by atoms with Gasteiger partial charge in [0.05, 0.1) is 0 Å². The molecule has 0 spiro atoms. The average molecular weight is 297 g/mol. The highest BCUT2D eigenvalue weighted by Crippen LogP contribution is 2.23. The van der Waals surface area contributed by atoms with Crippen LogP contribution in [0.1, 0.15) is 26.2 Å². The Morgan fingerprint density at radius 3 is 2.25 bits per heavy atom. The summed E-state index contributed by atoms with van der Waals surface area (Å²) < 4.78 is 64.0. The van der Waals surface area contributed by atoms with E-state index >= 15 is 0 Å². The van der Waals surface area contributed by atoms with Gasteiger partial charge in [-0.3, -0.25) is 0 Å². The minimum Gasteiger partial charge on any atom is -0.435 e. The Balaban J connectivity index is 2.36. The maximum Gasteiger partial charge on any atom is 0.389 e. The fraction of sp³-hybridized carbons (Fsp3) is 0.538. The van der Waals surface area contributed by atoms with E-state index in [2.05, 4.69) is 10.1 Å². The fourth-order valence-electron chi connectivity index (χ4n) is 1.70. The third kappa shape index (κ3) is 7.16. The van der Waals surface area contributed by atoms with Crippen molar-refractivity contribution in [3.05, 3.63) is 24.3 Å². The van der Waals surface area contributed by atoms with Gasteiger partial charge in [0.2, 0.25) is 0 Å². The molecule has 0 aliphatic heterocycles. The Morgan fingerprint density at radius 1 is 1.15 bits per heavy atom. The molecule has 1 aromatic rings. The normalized spacial score (nSPS) is 13.3. The Kier molecular flexibility index (Phi) is 6.04. The molecule has 20 heavy (non-hydrogen) atoms. The zero-order valence-corrected chi connectivity index (χ0v) is 10.9. The van der Waals surface area contributed by atoms with E-state index in [-0.39, 0.29) is 18.2 Å². The second kappa shape index (κ2) is 7.31.